The highest BCUT2D eigenvalue weighted by molar-refractivity contribution is 6.13. The summed E-state index contributed by atoms with van der Waals surface area (Å²) in [7, 11) is 0. The second-order valence-corrected chi connectivity index (χ2v) is 17.5. The predicted octanol–water partition coefficient (Wildman–Crippen LogP) is 15.2. The van der Waals surface area contributed by atoms with Crippen molar-refractivity contribution in [1.82, 2.24) is 33.6 Å². The number of para-hydroxylation sites is 3. The third-order valence-electron chi connectivity index (χ3n) is 13.5. The van der Waals surface area contributed by atoms with Crippen LogP contribution in [0.5, 0.6) is 0 Å². The van der Waals surface area contributed by atoms with Gasteiger partial charge in [0.2, 0.25) is 0 Å². The van der Waals surface area contributed by atoms with Crippen LogP contribution < -0.4 is 0 Å². The molecular weight excluding hydrogens is 843 g/mol. The largest absolute Gasteiger partial charge is 0.308 e. The zero-order valence-corrected chi connectivity index (χ0v) is 37.1. The second kappa shape index (κ2) is 15.6. The van der Waals surface area contributed by atoms with Gasteiger partial charge >= 0.3 is 0 Å². The molecule has 0 unspecified atom stereocenters. The lowest BCUT2D eigenvalue weighted by molar-refractivity contribution is 1.05. The minimum absolute atomic E-state index is 0.682. The Morgan fingerprint density at radius 1 is 0.275 bits per heavy atom. The van der Waals surface area contributed by atoms with E-state index in [2.05, 4.69) is 208 Å². The van der Waals surface area contributed by atoms with Crippen molar-refractivity contribution >= 4 is 65.5 Å². The van der Waals surface area contributed by atoms with Crippen LogP contribution in [0.3, 0.4) is 0 Å². The Hall–Kier alpha value is -9.46. The van der Waals surface area contributed by atoms with E-state index < -0.39 is 0 Å². The third kappa shape index (κ3) is 6.29. The van der Waals surface area contributed by atoms with Gasteiger partial charge in [0.05, 0.1) is 50.0 Å². The molecule has 0 radical (unpaired) electrons. The van der Waals surface area contributed by atoms with Crippen molar-refractivity contribution in [1.29, 1.82) is 0 Å². The van der Waals surface area contributed by atoms with Gasteiger partial charge in [0.1, 0.15) is 11.6 Å². The normalized spacial score (nSPS) is 11.8. The lowest BCUT2D eigenvalue weighted by atomic mass is 10.0. The fraction of sp³-hybridized carbons (Fsp3) is 0. The average Bonchev–Trinajstić information content (AvgIpc) is 4.06. The first-order valence-electron chi connectivity index (χ1n) is 23.2. The summed E-state index contributed by atoms with van der Waals surface area (Å²) in [6, 6.07) is 81.2. The second-order valence-electron chi connectivity index (χ2n) is 17.5. The van der Waals surface area contributed by atoms with Crippen LogP contribution in [0.4, 0.5) is 0 Å². The van der Waals surface area contributed by atoms with Gasteiger partial charge in [-0.3, -0.25) is 14.1 Å². The molecule has 0 aliphatic rings. The standard InChI is InChI=1S/C62H39N7/c1-4-16-40(17-5-1)52-39-60(66-62(65-52)41-18-6-2-7-19-41)69-53-25-12-10-22-46(53)48-32-29-43(38-58(48)69)42-30-33-55-49(36-42)47-23-11-13-26-54(47)68(55)59-28-14-24-51(64-59)44-31-34-56-50(37-44)61-57(27-15-35-63-61)67(56)45-20-8-3-9-21-45/h1-39H. The SMILES string of the molecule is c1ccc(-c2cc(-n3c4ccccc4c4ccc(-c5ccc6c(c5)c5ccccc5n6-c5cccc(-c6ccc7c(c6)c6ncccc6n7-c6ccccc6)n5)cc43)nc(-c3ccccc3)n2)cc1. The predicted molar refractivity (Wildman–Crippen MR) is 282 cm³/mol. The highest BCUT2D eigenvalue weighted by atomic mass is 15.1. The molecular formula is C62H39N7. The molecule has 0 bridgehead atoms. The van der Waals surface area contributed by atoms with Crippen molar-refractivity contribution in [2.45, 2.75) is 0 Å². The fourth-order valence-electron chi connectivity index (χ4n) is 10.4. The average molecular weight is 882 g/mol. The Bertz CT molecular complexity index is 4240. The molecule has 6 aromatic heterocycles. The molecule has 0 saturated carbocycles. The lowest BCUT2D eigenvalue weighted by Crippen LogP contribution is -2.02. The molecule has 0 amide bonds. The van der Waals surface area contributed by atoms with E-state index in [0.29, 0.717) is 5.82 Å². The Kier molecular flexibility index (Phi) is 8.75. The molecule has 0 atom stereocenters. The van der Waals surface area contributed by atoms with Crippen LogP contribution in [0.2, 0.25) is 0 Å². The Labute approximate surface area is 396 Å². The molecule has 0 spiro atoms. The molecule has 0 aliphatic carbocycles. The van der Waals surface area contributed by atoms with Crippen LogP contribution in [0.1, 0.15) is 0 Å². The van der Waals surface area contributed by atoms with Crippen molar-refractivity contribution in [2.24, 2.45) is 0 Å². The van der Waals surface area contributed by atoms with Crippen LogP contribution in [-0.2, 0) is 0 Å². The molecule has 69 heavy (non-hydrogen) atoms. The lowest BCUT2D eigenvalue weighted by Gasteiger charge is -2.13. The maximum Gasteiger partial charge on any atom is 0.162 e. The summed E-state index contributed by atoms with van der Waals surface area (Å²) in [5, 5.41) is 5.75. The van der Waals surface area contributed by atoms with Crippen molar-refractivity contribution in [3.63, 3.8) is 0 Å². The Balaban J connectivity index is 0.900. The number of aromatic nitrogens is 7. The van der Waals surface area contributed by atoms with Gasteiger partial charge in [-0.05, 0) is 90.0 Å². The van der Waals surface area contributed by atoms with E-state index in [1.54, 1.807) is 0 Å². The van der Waals surface area contributed by atoms with Crippen LogP contribution in [0.25, 0.3) is 128 Å². The number of hydrogen-bond donors (Lipinski definition) is 0. The molecule has 0 aliphatic heterocycles. The first-order chi connectivity index (χ1) is 34.2. The van der Waals surface area contributed by atoms with Crippen molar-refractivity contribution in [3.8, 4) is 62.4 Å². The Morgan fingerprint density at radius 3 is 1.64 bits per heavy atom. The van der Waals surface area contributed by atoms with E-state index in [4.69, 9.17) is 19.9 Å². The summed E-state index contributed by atoms with van der Waals surface area (Å²) in [6.45, 7) is 0. The van der Waals surface area contributed by atoms with Crippen molar-refractivity contribution in [3.05, 3.63) is 237 Å². The number of fused-ring (bicyclic) bond motifs is 9. The molecule has 8 aromatic carbocycles. The molecule has 0 saturated heterocycles. The van der Waals surface area contributed by atoms with Gasteiger partial charge < -0.3 is 4.57 Å². The van der Waals surface area contributed by atoms with E-state index in [9.17, 15) is 0 Å². The van der Waals surface area contributed by atoms with E-state index in [-0.39, 0.29) is 0 Å². The van der Waals surface area contributed by atoms with Gasteiger partial charge in [0.25, 0.3) is 0 Å². The van der Waals surface area contributed by atoms with Crippen LogP contribution in [0.15, 0.2) is 237 Å². The smallest absolute Gasteiger partial charge is 0.162 e. The van der Waals surface area contributed by atoms with Crippen molar-refractivity contribution in [2.75, 3.05) is 0 Å². The van der Waals surface area contributed by atoms with Gasteiger partial charge in [-0.1, -0.05) is 146 Å². The summed E-state index contributed by atoms with van der Waals surface area (Å²) in [5.41, 5.74) is 15.7. The molecule has 14 rings (SSSR count). The topological polar surface area (TPSA) is 66.3 Å². The zero-order valence-electron chi connectivity index (χ0n) is 37.1. The molecule has 0 N–H and O–H groups in total. The highest BCUT2D eigenvalue weighted by Gasteiger charge is 2.20. The molecule has 7 nitrogen and oxygen atoms in total. The highest BCUT2D eigenvalue weighted by Crippen LogP contribution is 2.40. The maximum atomic E-state index is 5.39. The molecule has 0 fully saturated rings. The summed E-state index contributed by atoms with van der Waals surface area (Å²) >= 11 is 0. The van der Waals surface area contributed by atoms with Crippen LogP contribution in [0, 0.1) is 0 Å². The number of nitrogens with zero attached hydrogens (tertiary/aromatic N) is 7. The third-order valence-corrected chi connectivity index (χ3v) is 13.5. The number of rotatable bonds is 7. The van der Waals surface area contributed by atoms with E-state index in [0.717, 1.165) is 111 Å². The van der Waals surface area contributed by atoms with E-state index >= 15 is 0 Å². The minimum Gasteiger partial charge on any atom is -0.308 e. The summed E-state index contributed by atoms with van der Waals surface area (Å²) < 4.78 is 6.88. The van der Waals surface area contributed by atoms with Crippen LogP contribution >= 0.6 is 0 Å². The molecule has 322 valence electrons. The van der Waals surface area contributed by atoms with Gasteiger partial charge in [0.15, 0.2) is 5.82 Å². The summed E-state index contributed by atoms with van der Waals surface area (Å²) in [5.74, 6) is 2.35. The minimum atomic E-state index is 0.682. The zero-order chi connectivity index (χ0) is 45.4. The first-order valence-corrected chi connectivity index (χ1v) is 23.2. The van der Waals surface area contributed by atoms with Gasteiger partial charge in [-0.25, -0.2) is 15.0 Å². The number of pyridine rings is 2. The number of benzene rings is 8. The summed E-state index contributed by atoms with van der Waals surface area (Å²) in [4.78, 5) is 20.6. The Morgan fingerprint density at radius 2 is 0.855 bits per heavy atom. The first kappa shape index (κ1) is 38.8. The monoisotopic (exact) mass is 881 g/mol. The van der Waals surface area contributed by atoms with Crippen molar-refractivity contribution < 1.29 is 0 Å². The summed E-state index contributed by atoms with van der Waals surface area (Å²) in [6.07, 6.45) is 1.87. The maximum absolute atomic E-state index is 5.39. The number of hydrogen-bond acceptors (Lipinski definition) is 4. The molecule has 7 heteroatoms. The van der Waals surface area contributed by atoms with E-state index in [1.807, 2.05) is 42.6 Å². The van der Waals surface area contributed by atoms with Gasteiger partial charge in [-0.2, -0.15) is 0 Å². The van der Waals surface area contributed by atoms with Crippen LogP contribution in [-0.4, -0.2) is 33.6 Å². The molecule has 14 aromatic rings. The molecule has 6 heterocycles. The quantitative estimate of drug-likeness (QED) is 0.160. The van der Waals surface area contributed by atoms with E-state index in [1.165, 1.54) is 10.8 Å². The van der Waals surface area contributed by atoms with Gasteiger partial charge in [0, 0.05) is 61.6 Å². The fourth-order valence-corrected chi connectivity index (χ4v) is 10.4. The van der Waals surface area contributed by atoms with Gasteiger partial charge in [-0.15, -0.1) is 0 Å².